The van der Waals surface area contributed by atoms with Crippen LogP contribution in [0.15, 0.2) is 36.8 Å². The van der Waals surface area contributed by atoms with Gasteiger partial charge in [0.25, 0.3) is 0 Å². The molecular weight excluding hydrogens is 438 g/mol. The Morgan fingerprint density at radius 2 is 1.94 bits per heavy atom. The minimum atomic E-state index is -0.652. The van der Waals surface area contributed by atoms with Crippen molar-refractivity contribution < 1.29 is 13.5 Å². The molecule has 1 saturated carbocycles. The van der Waals surface area contributed by atoms with Crippen LogP contribution >= 0.6 is 0 Å². The lowest BCUT2D eigenvalue weighted by Gasteiger charge is -2.28. The zero-order valence-corrected chi connectivity index (χ0v) is 19.2. The summed E-state index contributed by atoms with van der Waals surface area (Å²) < 4.78 is 38.3. The van der Waals surface area contributed by atoms with Gasteiger partial charge in [-0.2, -0.15) is 10.2 Å². The second kappa shape index (κ2) is 8.23. The molecule has 2 aliphatic rings. The lowest BCUT2D eigenvalue weighted by atomic mass is 9.92. The molecule has 2 fully saturated rings. The summed E-state index contributed by atoms with van der Waals surface area (Å²) in [5.74, 6) is -0.633. The van der Waals surface area contributed by atoms with Crippen LogP contribution in [-0.4, -0.2) is 36.1 Å². The normalized spacial score (nSPS) is 21.0. The van der Waals surface area contributed by atoms with E-state index in [2.05, 4.69) is 16.4 Å². The third kappa shape index (κ3) is 3.87. The summed E-state index contributed by atoms with van der Waals surface area (Å²) in [4.78, 5) is 9.62. The summed E-state index contributed by atoms with van der Waals surface area (Å²) >= 11 is 0. The Kier molecular flexibility index (Phi) is 5.17. The van der Waals surface area contributed by atoms with Gasteiger partial charge in [0.2, 0.25) is 0 Å². The van der Waals surface area contributed by atoms with Gasteiger partial charge in [0.1, 0.15) is 17.5 Å². The zero-order valence-electron chi connectivity index (χ0n) is 19.2. The van der Waals surface area contributed by atoms with Gasteiger partial charge in [-0.1, -0.05) is 0 Å². The molecule has 4 heterocycles. The number of benzene rings is 1. The van der Waals surface area contributed by atoms with Crippen LogP contribution in [0, 0.1) is 11.6 Å². The van der Waals surface area contributed by atoms with Crippen LogP contribution in [0.25, 0.3) is 22.3 Å². The fourth-order valence-corrected chi connectivity index (χ4v) is 4.60. The Morgan fingerprint density at radius 1 is 1.09 bits per heavy atom. The minimum absolute atomic E-state index is 0.0267. The van der Waals surface area contributed by atoms with Crippen LogP contribution in [-0.2, 0) is 4.74 Å². The van der Waals surface area contributed by atoms with Gasteiger partial charge >= 0.3 is 0 Å². The van der Waals surface area contributed by atoms with Gasteiger partial charge in [-0.05, 0) is 51.7 Å². The molecule has 0 amide bonds. The second-order valence-corrected chi connectivity index (χ2v) is 9.56. The SMILES string of the molecule is CC(C)n1cc2c(-c3ccc(F)cc3F)nc([C@@H]3CCO[C@@H](c4cnn(C5CC5)c4)C3)nc2n1. The van der Waals surface area contributed by atoms with Crippen LogP contribution < -0.4 is 0 Å². The molecule has 6 rings (SSSR count). The Bertz CT molecular complexity index is 1360. The van der Waals surface area contributed by atoms with E-state index in [1.54, 1.807) is 4.68 Å². The number of halogens is 2. The molecule has 0 N–H and O–H groups in total. The highest BCUT2D eigenvalue weighted by molar-refractivity contribution is 5.90. The average Bonchev–Trinajstić information content (AvgIpc) is 3.38. The largest absolute Gasteiger partial charge is 0.373 e. The zero-order chi connectivity index (χ0) is 23.4. The molecule has 0 bridgehead atoms. The fraction of sp³-hybridized carbons (Fsp3) is 0.440. The molecule has 1 aliphatic heterocycles. The van der Waals surface area contributed by atoms with E-state index in [-0.39, 0.29) is 23.6 Å². The van der Waals surface area contributed by atoms with Gasteiger partial charge < -0.3 is 4.74 Å². The number of aromatic nitrogens is 6. The van der Waals surface area contributed by atoms with Crippen LogP contribution in [0.2, 0.25) is 0 Å². The van der Waals surface area contributed by atoms with Crippen LogP contribution in [0.1, 0.15) is 75.0 Å². The molecule has 1 saturated heterocycles. The summed E-state index contributed by atoms with van der Waals surface area (Å²) in [7, 11) is 0. The van der Waals surface area contributed by atoms with Crippen molar-refractivity contribution in [2.24, 2.45) is 0 Å². The molecule has 1 aliphatic carbocycles. The number of hydrogen-bond acceptors (Lipinski definition) is 5. The molecule has 3 aromatic heterocycles. The number of ether oxygens (including phenoxy) is 1. The first-order valence-corrected chi connectivity index (χ1v) is 11.8. The smallest absolute Gasteiger partial charge is 0.185 e. The van der Waals surface area contributed by atoms with Gasteiger partial charge in [-0.15, -0.1) is 0 Å². The van der Waals surface area contributed by atoms with E-state index >= 15 is 0 Å². The van der Waals surface area contributed by atoms with Crippen LogP contribution in [0.4, 0.5) is 8.78 Å². The van der Waals surface area contributed by atoms with Gasteiger partial charge in [-0.3, -0.25) is 9.36 Å². The quantitative estimate of drug-likeness (QED) is 0.389. The Hall–Kier alpha value is -3.20. The number of nitrogens with zero attached hydrogens (tertiary/aromatic N) is 6. The second-order valence-electron chi connectivity index (χ2n) is 9.56. The number of rotatable bonds is 5. The third-order valence-electron chi connectivity index (χ3n) is 6.69. The van der Waals surface area contributed by atoms with Crippen molar-refractivity contribution in [2.45, 2.75) is 63.6 Å². The molecule has 0 spiro atoms. The van der Waals surface area contributed by atoms with Crippen molar-refractivity contribution in [2.75, 3.05) is 6.61 Å². The molecule has 0 radical (unpaired) electrons. The van der Waals surface area contributed by atoms with Crippen molar-refractivity contribution >= 4 is 11.0 Å². The summed E-state index contributed by atoms with van der Waals surface area (Å²) in [6, 6.07) is 4.20. The molecule has 2 atom stereocenters. The first-order valence-electron chi connectivity index (χ1n) is 11.8. The van der Waals surface area contributed by atoms with E-state index in [4.69, 9.17) is 14.7 Å². The van der Waals surface area contributed by atoms with Crippen LogP contribution in [0.3, 0.4) is 0 Å². The predicted molar refractivity (Wildman–Crippen MR) is 122 cm³/mol. The van der Waals surface area contributed by atoms with Gasteiger partial charge in [-0.25, -0.2) is 18.7 Å². The van der Waals surface area contributed by atoms with Crippen molar-refractivity contribution in [1.82, 2.24) is 29.5 Å². The molecular formula is C25H26F2N6O. The van der Waals surface area contributed by atoms with Crippen molar-refractivity contribution in [3.63, 3.8) is 0 Å². The Morgan fingerprint density at radius 3 is 2.71 bits per heavy atom. The number of fused-ring (bicyclic) bond motifs is 1. The van der Waals surface area contributed by atoms with E-state index in [1.165, 1.54) is 25.0 Å². The van der Waals surface area contributed by atoms with Gasteiger partial charge in [0.05, 0.1) is 29.4 Å². The standard InChI is InChI=1S/C25H26F2N6O/c1-14(2)32-13-20-23(19-6-3-17(26)10-21(19)27)29-24(30-25(20)31-32)15-7-8-34-22(9-15)16-11-28-33(12-16)18-4-5-18/h3,6,10-15,18,22H,4-5,7-9H2,1-2H3/t15-,22-/m1/s1. The lowest BCUT2D eigenvalue weighted by molar-refractivity contribution is 0.00396. The van der Waals surface area contributed by atoms with Crippen molar-refractivity contribution in [3.8, 4) is 11.3 Å². The highest BCUT2D eigenvalue weighted by atomic mass is 19.1. The molecule has 0 unspecified atom stereocenters. The third-order valence-corrected chi connectivity index (χ3v) is 6.69. The van der Waals surface area contributed by atoms with E-state index in [0.717, 1.165) is 18.1 Å². The highest BCUT2D eigenvalue weighted by Crippen LogP contribution is 2.40. The summed E-state index contributed by atoms with van der Waals surface area (Å²) in [5.41, 5.74) is 2.26. The summed E-state index contributed by atoms with van der Waals surface area (Å²) in [6.07, 6.45) is 9.53. The fourth-order valence-electron chi connectivity index (χ4n) is 4.60. The predicted octanol–water partition coefficient (Wildman–Crippen LogP) is 5.52. The molecule has 34 heavy (non-hydrogen) atoms. The Labute approximate surface area is 195 Å². The van der Waals surface area contributed by atoms with E-state index in [0.29, 0.717) is 41.6 Å². The van der Waals surface area contributed by atoms with E-state index in [1.807, 2.05) is 30.9 Å². The first kappa shape index (κ1) is 21.3. The summed E-state index contributed by atoms with van der Waals surface area (Å²) in [5, 5.41) is 9.78. The summed E-state index contributed by atoms with van der Waals surface area (Å²) in [6.45, 7) is 4.61. The van der Waals surface area contributed by atoms with Crippen molar-refractivity contribution in [1.29, 1.82) is 0 Å². The van der Waals surface area contributed by atoms with Crippen molar-refractivity contribution in [3.05, 3.63) is 59.8 Å². The molecule has 1 aromatic carbocycles. The molecule has 7 nitrogen and oxygen atoms in total. The maximum Gasteiger partial charge on any atom is 0.185 e. The average molecular weight is 465 g/mol. The minimum Gasteiger partial charge on any atom is -0.373 e. The highest BCUT2D eigenvalue weighted by Gasteiger charge is 2.31. The monoisotopic (exact) mass is 464 g/mol. The van der Waals surface area contributed by atoms with Gasteiger partial charge in [0.15, 0.2) is 5.65 Å². The van der Waals surface area contributed by atoms with Gasteiger partial charge in [0, 0.05) is 48.2 Å². The molecule has 176 valence electrons. The maximum atomic E-state index is 14.8. The lowest BCUT2D eigenvalue weighted by Crippen LogP contribution is -2.20. The molecule has 9 heteroatoms. The topological polar surface area (TPSA) is 70.7 Å². The van der Waals surface area contributed by atoms with E-state index in [9.17, 15) is 8.78 Å². The Balaban J connectivity index is 1.39. The van der Waals surface area contributed by atoms with E-state index < -0.39 is 11.6 Å². The molecule has 4 aromatic rings. The first-order chi connectivity index (χ1) is 16.5. The van der Waals surface area contributed by atoms with Crippen LogP contribution in [0.5, 0.6) is 0 Å². The number of hydrogen-bond donors (Lipinski definition) is 0. The maximum absolute atomic E-state index is 14.8.